The van der Waals surface area contributed by atoms with Gasteiger partial charge >= 0.3 is 0 Å². The van der Waals surface area contributed by atoms with E-state index >= 15 is 0 Å². The van der Waals surface area contributed by atoms with E-state index in [4.69, 9.17) is 10.5 Å². The van der Waals surface area contributed by atoms with Gasteiger partial charge < -0.3 is 21.1 Å². The number of thiazole rings is 1. The predicted molar refractivity (Wildman–Crippen MR) is 106 cm³/mol. The Morgan fingerprint density at radius 3 is 2.33 bits per heavy atom. The standard InChI is InChI=1S/C19H18N4O3S/c1-11-3-7-13(8-4-11)21-19-22-15(16(20)24)18(27-19)23-17(25)12-5-9-14(26-2)10-6-12/h3-10H,1-2H3,(H2,20,24)(H,21,22)(H,23,25). The zero-order chi connectivity index (χ0) is 19.4. The maximum Gasteiger partial charge on any atom is 0.270 e. The number of nitrogens with two attached hydrogens (primary N) is 1. The fraction of sp³-hybridized carbons (Fsp3) is 0.105. The average Bonchev–Trinajstić information content (AvgIpc) is 3.06. The molecule has 0 radical (unpaired) electrons. The minimum absolute atomic E-state index is 0.0106. The lowest BCUT2D eigenvalue weighted by Gasteiger charge is -2.05. The number of methoxy groups -OCH3 is 1. The van der Waals surface area contributed by atoms with Gasteiger partial charge in [0.25, 0.3) is 11.8 Å². The van der Waals surface area contributed by atoms with E-state index in [1.165, 1.54) is 0 Å². The van der Waals surface area contributed by atoms with Crippen molar-refractivity contribution in [2.75, 3.05) is 17.7 Å². The van der Waals surface area contributed by atoms with E-state index < -0.39 is 5.91 Å². The van der Waals surface area contributed by atoms with E-state index in [9.17, 15) is 9.59 Å². The molecule has 0 saturated heterocycles. The summed E-state index contributed by atoms with van der Waals surface area (Å²) in [5.41, 5.74) is 7.79. The van der Waals surface area contributed by atoms with Gasteiger partial charge in [-0.25, -0.2) is 4.98 Å². The number of carbonyl (C=O) groups is 2. The molecule has 0 aliphatic heterocycles. The maximum absolute atomic E-state index is 12.4. The minimum Gasteiger partial charge on any atom is -0.497 e. The largest absolute Gasteiger partial charge is 0.497 e. The number of aromatic nitrogens is 1. The Balaban J connectivity index is 1.81. The molecule has 2 amide bonds. The molecule has 7 nitrogen and oxygen atoms in total. The predicted octanol–water partition coefficient (Wildman–Crippen LogP) is 3.55. The number of primary amides is 1. The van der Waals surface area contributed by atoms with Crippen molar-refractivity contribution >= 4 is 39.0 Å². The van der Waals surface area contributed by atoms with Gasteiger partial charge in [0.2, 0.25) is 0 Å². The van der Waals surface area contributed by atoms with Crippen LogP contribution in [-0.4, -0.2) is 23.9 Å². The van der Waals surface area contributed by atoms with Gasteiger partial charge in [-0.05, 0) is 43.3 Å². The summed E-state index contributed by atoms with van der Waals surface area (Å²) in [6.45, 7) is 1.99. The Kier molecular flexibility index (Phi) is 5.37. The number of anilines is 3. The second-order valence-electron chi connectivity index (χ2n) is 5.73. The summed E-state index contributed by atoms with van der Waals surface area (Å²) in [4.78, 5) is 28.4. The molecule has 3 rings (SSSR count). The third-order valence-corrected chi connectivity index (χ3v) is 4.63. The molecule has 8 heteroatoms. The number of nitrogens with one attached hydrogen (secondary N) is 2. The summed E-state index contributed by atoms with van der Waals surface area (Å²) in [7, 11) is 1.55. The average molecular weight is 382 g/mol. The number of aryl methyl sites for hydroxylation is 1. The molecule has 0 spiro atoms. The van der Waals surface area contributed by atoms with Crippen molar-refractivity contribution in [1.82, 2.24) is 4.98 Å². The second kappa shape index (κ2) is 7.88. The molecule has 0 unspecified atom stereocenters. The van der Waals surface area contributed by atoms with Crippen LogP contribution in [0.3, 0.4) is 0 Å². The van der Waals surface area contributed by atoms with E-state index in [1.54, 1.807) is 31.4 Å². The van der Waals surface area contributed by atoms with Gasteiger partial charge in [0.1, 0.15) is 10.8 Å². The first kappa shape index (κ1) is 18.4. The van der Waals surface area contributed by atoms with Crippen LogP contribution in [-0.2, 0) is 0 Å². The van der Waals surface area contributed by atoms with Crippen molar-refractivity contribution in [3.8, 4) is 5.75 Å². The van der Waals surface area contributed by atoms with Crippen molar-refractivity contribution in [2.24, 2.45) is 5.73 Å². The fourth-order valence-corrected chi connectivity index (χ4v) is 3.19. The van der Waals surface area contributed by atoms with Crippen LogP contribution in [0.2, 0.25) is 0 Å². The highest BCUT2D eigenvalue weighted by molar-refractivity contribution is 7.20. The molecule has 0 aliphatic carbocycles. The van der Waals surface area contributed by atoms with E-state index in [2.05, 4.69) is 15.6 Å². The summed E-state index contributed by atoms with van der Waals surface area (Å²) in [5.74, 6) is -0.439. The van der Waals surface area contributed by atoms with Crippen LogP contribution in [0.15, 0.2) is 48.5 Å². The highest BCUT2D eigenvalue weighted by Gasteiger charge is 2.19. The fourth-order valence-electron chi connectivity index (χ4n) is 2.30. The molecular weight excluding hydrogens is 364 g/mol. The monoisotopic (exact) mass is 382 g/mol. The maximum atomic E-state index is 12.4. The highest BCUT2D eigenvalue weighted by atomic mass is 32.1. The number of amides is 2. The first-order chi connectivity index (χ1) is 13.0. The lowest BCUT2D eigenvalue weighted by molar-refractivity contribution is 0.0997. The topological polar surface area (TPSA) is 106 Å². The van der Waals surface area contributed by atoms with Crippen molar-refractivity contribution in [1.29, 1.82) is 0 Å². The Hall–Kier alpha value is -3.39. The first-order valence-corrected chi connectivity index (χ1v) is 8.87. The summed E-state index contributed by atoms with van der Waals surface area (Å²) < 4.78 is 5.08. The van der Waals surface area contributed by atoms with E-state index in [0.717, 1.165) is 22.6 Å². The molecule has 0 atom stereocenters. The summed E-state index contributed by atoms with van der Waals surface area (Å²) in [5, 5.41) is 6.55. The molecule has 138 valence electrons. The zero-order valence-electron chi connectivity index (χ0n) is 14.8. The van der Waals surface area contributed by atoms with Gasteiger partial charge in [0, 0.05) is 11.3 Å². The van der Waals surface area contributed by atoms with Gasteiger partial charge in [-0.2, -0.15) is 0 Å². The number of rotatable bonds is 6. The number of hydrogen-bond donors (Lipinski definition) is 3. The van der Waals surface area contributed by atoms with Gasteiger partial charge in [0.15, 0.2) is 10.8 Å². The Morgan fingerprint density at radius 2 is 1.74 bits per heavy atom. The quantitative estimate of drug-likeness (QED) is 0.604. The van der Waals surface area contributed by atoms with E-state index in [1.807, 2.05) is 31.2 Å². The lowest BCUT2D eigenvalue weighted by Crippen LogP contribution is -2.17. The molecular formula is C19H18N4O3S. The smallest absolute Gasteiger partial charge is 0.270 e. The van der Waals surface area contributed by atoms with Gasteiger partial charge in [0.05, 0.1) is 7.11 Å². The van der Waals surface area contributed by atoms with Gasteiger partial charge in [-0.15, -0.1) is 0 Å². The lowest BCUT2D eigenvalue weighted by atomic mass is 10.2. The highest BCUT2D eigenvalue weighted by Crippen LogP contribution is 2.31. The van der Waals surface area contributed by atoms with Crippen molar-refractivity contribution in [3.63, 3.8) is 0 Å². The molecule has 0 bridgehead atoms. The number of nitrogens with zero attached hydrogens (tertiary/aromatic N) is 1. The second-order valence-corrected chi connectivity index (χ2v) is 6.73. The van der Waals surface area contributed by atoms with E-state index in [0.29, 0.717) is 16.4 Å². The number of benzene rings is 2. The number of ether oxygens (including phenoxy) is 1. The molecule has 0 fully saturated rings. The Labute approximate surface area is 160 Å². The number of hydrogen-bond acceptors (Lipinski definition) is 6. The Morgan fingerprint density at radius 1 is 1.07 bits per heavy atom. The third-order valence-electron chi connectivity index (χ3n) is 3.74. The zero-order valence-corrected chi connectivity index (χ0v) is 15.6. The van der Waals surface area contributed by atoms with Crippen molar-refractivity contribution in [2.45, 2.75) is 6.92 Å². The van der Waals surface area contributed by atoms with E-state index in [-0.39, 0.29) is 16.6 Å². The molecule has 2 aromatic carbocycles. The Bertz CT molecular complexity index is 966. The minimum atomic E-state index is -0.715. The molecule has 0 saturated carbocycles. The number of carbonyl (C=O) groups excluding carboxylic acids is 2. The molecule has 1 heterocycles. The van der Waals surface area contributed by atoms with Crippen LogP contribution in [0.25, 0.3) is 0 Å². The van der Waals surface area contributed by atoms with Gasteiger partial charge in [-0.1, -0.05) is 29.0 Å². The van der Waals surface area contributed by atoms with Crippen LogP contribution >= 0.6 is 11.3 Å². The molecule has 27 heavy (non-hydrogen) atoms. The SMILES string of the molecule is COc1ccc(C(=O)Nc2sc(Nc3ccc(C)cc3)nc2C(N)=O)cc1. The van der Waals surface area contributed by atoms with Crippen LogP contribution in [0.1, 0.15) is 26.4 Å². The molecule has 3 aromatic rings. The van der Waals surface area contributed by atoms with Crippen molar-refractivity contribution in [3.05, 3.63) is 65.4 Å². The normalized spacial score (nSPS) is 10.3. The van der Waals surface area contributed by atoms with Crippen molar-refractivity contribution < 1.29 is 14.3 Å². The third kappa shape index (κ3) is 4.42. The van der Waals surface area contributed by atoms with Crippen LogP contribution < -0.4 is 21.1 Å². The molecule has 0 aliphatic rings. The summed E-state index contributed by atoms with van der Waals surface area (Å²) in [6, 6.07) is 14.3. The molecule has 4 N–H and O–H groups in total. The van der Waals surface area contributed by atoms with Crippen LogP contribution in [0.4, 0.5) is 15.8 Å². The van der Waals surface area contributed by atoms with Crippen LogP contribution in [0.5, 0.6) is 5.75 Å². The van der Waals surface area contributed by atoms with Gasteiger partial charge in [-0.3, -0.25) is 9.59 Å². The van der Waals surface area contributed by atoms with Crippen LogP contribution in [0, 0.1) is 6.92 Å². The summed E-state index contributed by atoms with van der Waals surface area (Å²) in [6.07, 6.45) is 0. The summed E-state index contributed by atoms with van der Waals surface area (Å²) >= 11 is 1.14. The molecule has 1 aromatic heterocycles. The first-order valence-electron chi connectivity index (χ1n) is 8.06.